The average molecular weight is 395 g/mol. The molecule has 0 saturated carbocycles. The molecule has 1 heterocycles. The van der Waals surface area contributed by atoms with Gasteiger partial charge in [-0.1, -0.05) is 15.9 Å². The molecule has 122 valence electrons. The third kappa shape index (κ3) is 3.65. The molecule has 1 aromatic heterocycles. The van der Waals surface area contributed by atoms with Gasteiger partial charge in [0.05, 0.1) is 5.69 Å². The van der Waals surface area contributed by atoms with Gasteiger partial charge in [-0.15, -0.1) is 0 Å². The number of nitrogens with one attached hydrogen (secondary N) is 2. The summed E-state index contributed by atoms with van der Waals surface area (Å²) in [6.07, 6.45) is 1.45. The second kappa shape index (κ2) is 6.88. The van der Waals surface area contributed by atoms with E-state index < -0.39 is 17.5 Å². The summed E-state index contributed by atoms with van der Waals surface area (Å²) in [5.74, 6) is -3.64. The molecular formula is C16H10BrF3N4. The van der Waals surface area contributed by atoms with E-state index in [1.165, 1.54) is 6.20 Å². The molecule has 0 fully saturated rings. The third-order valence-electron chi connectivity index (χ3n) is 3.05. The SMILES string of the molecule is Fc1ccc(Nc2nccc(Nc3ccc(Br)cc3)n2)c(F)c1F. The third-order valence-corrected chi connectivity index (χ3v) is 3.58. The van der Waals surface area contributed by atoms with Crippen molar-refractivity contribution in [3.63, 3.8) is 0 Å². The monoisotopic (exact) mass is 394 g/mol. The summed E-state index contributed by atoms with van der Waals surface area (Å²) in [5, 5.41) is 5.58. The lowest BCUT2D eigenvalue weighted by molar-refractivity contribution is 0.449. The van der Waals surface area contributed by atoms with Gasteiger partial charge in [-0.25, -0.2) is 18.2 Å². The minimum atomic E-state index is -1.55. The highest BCUT2D eigenvalue weighted by molar-refractivity contribution is 9.10. The fourth-order valence-corrected chi connectivity index (χ4v) is 2.18. The zero-order valence-electron chi connectivity index (χ0n) is 12.0. The van der Waals surface area contributed by atoms with E-state index >= 15 is 0 Å². The van der Waals surface area contributed by atoms with Crippen molar-refractivity contribution < 1.29 is 13.2 Å². The molecule has 4 nitrogen and oxygen atoms in total. The fraction of sp³-hybridized carbons (Fsp3) is 0. The van der Waals surface area contributed by atoms with Crippen molar-refractivity contribution in [2.45, 2.75) is 0 Å². The van der Waals surface area contributed by atoms with Crippen LogP contribution < -0.4 is 10.6 Å². The average Bonchev–Trinajstić information content (AvgIpc) is 2.58. The molecule has 0 spiro atoms. The summed E-state index contributed by atoms with van der Waals surface area (Å²) in [7, 11) is 0. The molecule has 24 heavy (non-hydrogen) atoms. The zero-order valence-corrected chi connectivity index (χ0v) is 13.6. The minimum absolute atomic E-state index is 0.0435. The lowest BCUT2D eigenvalue weighted by Gasteiger charge is -2.09. The summed E-state index contributed by atoms with van der Waals surface area (Å²) < 4.78 is 40.8. The Morgan fingerprint density at radius 3 is 2.33 bits per heavy atom. The van der Waals surface area contributed by atoms with Crippen LogP contribution in [-0.2, 0) is 0 Å². The number of nitrogens with zero attached hydrogens (tertiary/aromatic N) is 2. The van der Waals surface area contributed by atoms with Gasteiger partial charge < -0.3 is 10.6 Å². The van der Waals surface area contributed by atoms with Crippen LogP contribution in [0.2, 0.25) is 0 Å². The van der Waals surface area contributed by atoms with Gasteiger partial charge in [0.15, 0.2) is 17.5 Å². The number of benzene rings is 2. The number of halogens is 4. The molecule has 0 unspecified atom stereocenters. The van der Waals surface area contributed by atoms with E-state index in [1.54, 1.807) is 6.07 Å². The van der Waals surface area contributed by atoms with Gasteiger partial charge in [0.2, 0.25) is 5.95 Å². The number of rotatable bonds is 4. The Bertz CT molecular complexity index is 872. The van der Waals surface area contributed by atoms with Crippen LogP contribution in [0.15, 0.2) is 53.1 Å². The lowest BCUT2D eigenvalue weighted by atomic mass is 10.3. The number of aromatic nitrogens is 2. The predicted octanol–water partition coefficient (Wildman–Crippen LogP) is 5.14. The van der Waals surface area contributed by atoms with Gasteiger partial charge in [-0.2, -0.15) is 4.98 Å². The Kier molecular flexibility index (Phi) is 4.66. The molecule has 0 bridgehead atoms. The number of hydrogen-bond acceptors (Lipinski definition) is 4. The van der Waals surface area contributed by atoms with Gasteiger partial charge in [0, 0.05) is 16.4 Å². The van der Waals surface area contributed by atoms with Gasteiger partial charge in [0.1, 0.15) is 5.82 Å². The number of hydrogen-bond donors (Lipinski definition) is 2. The van der Waals surface area contributed by atoms with Gasteiger partial charge in [-0.05, 0) is 42.5 Å². The fourth-order valence-electron chi connectivity index (χ4n) is 1.91. The van der Waals surface area contributed by atoms with Crippen molar-refractivity contribution in [3.8, 4) is 0 Å². The van der Waals surface area contributed by atoms with Crippen molar-refractivity contribution in [2.24, 2.45) is 0 Å². The molecule has 0 radical (unpaired) electrons. The van der Waals surface area contributed by atoms with Crippen LogP contribution in [0.1, 0.15) is 0 Å². The molecule has 0 aliphatic rings. The highest BCUT2D eigenvalue weighted by Gasteiger charge is 2.14. The normalized spacial score (nSPS) is 10.5. The molecule has 0 amide bonds. The first kappa shape index (κ1) is 16.3. The first-order valence-corrected chi connectivity index (χ1v) is 7.58. The van der Waals surface area contributed by atoms with Crippen LogP contribution >= 0.6 is 15.9 Å². The Hall–Kier alpha value is -2.61. The second-order valence-corrected chi connectivity index (χ2v) is 5.66. The predicted molar refractivity (Wildman–Crippen MR) is 89.1 cm³/mol. The molecule has 0 aliphatic carbocycles. The first-order chi connectivity index (χ1) is 11.5. The second-order valence-electron chi connectivity index (χ2n) is 4.75. The van der Waals surface area contributed by atoms with Crippen molar-refractivity contribution in [1.82, 2.24) is 9.97 Å². The van der Waals surface area contributed by atoms with E-state index in [2.05, 4.69) is 36.5 Å². The summed E-state index contributed by atoms with van der Waals surface area (Å²) in [4.78, 5) is 8.08. The van der Waals surface area contributed by atoms with E-state index in [-0.39, 0.29) is 11.6 Å². The zero-order chi connectivity index (χ0) is 17.1. The Labute approximate surface area is 143 Å². The van der Waals surface area contributed by atoms with Crippen LogP contribution in [0, 0.1) is 17.5 Å². The molecule has 0 saturated heterocycles. The quantitative estimate of drug-likeness (QED) is 0.601. The molecular weight excluding hydrogens is 385 g/mol. The summed E-state index contributed by atoms with van der Waals surface area (Å²) in [6.45, 7) is 0. The highest BCUT2D eigenvalue weighted by atomic mass is 79.9. The largest absolute Gasteiger partial charge is 0.340 e. The van der Waals surface area contributed by atoms with Gasteiger partial charge in [0.25, 0.3) is 0 Å². The van der Waals surface area contributed by atoms with E-state index in [0.717, 1.165) is 22.3 Å². The van der Waals surface area contributed by atoms with Crippen LogP contribution in [0.25, 0.3) is 0 Å². The van der Waals surface area contributed by atoms with Crippen LogP contribution in [0.3, 0.4) is 0 Å². The maximum atomic E-state index is 13.7. The Morgan fingerprint density at radius 2 is 1.58 bits per heavy atom. The van der Waals surface area contributed by atoms with Gasteiger partial charge in [-0.3, -0.25) is 0 Å². The van der Waals surface area contributed by atoms with E-state index in [4.69, 9.17) is 0 Å². The molecule has 0 atom stereocenters. The van der Waals surface area contributed by atoms with Crippen LogP contribution in [0.4, 0.5) is 36.3 Å². The van der Waals surface area contributed by atoms with Crippen molar-refractivity contribution in [2.75, 3.05) is 10.6 Å². The van der Waals surface area contributed by atoms with E-state index in [1.807, 2.05) is 24.3 Å². The Balaban J connectivity index is 1.80. The molecule has 3 rings (SSSR count). The lowest BCUT2D eigenvalue weighted by Crippen LogP contribution is -2.03. The minimum Gasteiger partial charge on any atom is -0.340 e. The van der Waals surface area contributed by atoms with E-state index in [0.29, 0.717) is 5.82 Å². The molecule has 8 heteroatoms. The van der Waals surface area contributed by atoms with Crippen molar-refractivity contribution in [1.29, 1.82) is 0 Å². The standard InChI is InChI=1S/C16H10BrF3N4/c17-9-1-3-10(4-2-9)22-13-7-8-21-16(24-13)23-12-6-5-11(18)14(19)15(12)20/h1-8H,(H2,21,22,23,24). The molecule has 2 aromatic carbocycles. The summed E-state index contributed by atoms with van der Waals surface area (Å²) in [6, 6.07) is 10.9. The molecule has 3 aromatic rings. The van der Waals surface area contributed by atoms with Crippen LogP contribution in [0.5, 0.6) is 0 Å². The van der Waals surface area contributed by atoms with E-state index in [9.17, 15) is 13.2 Å². The Morgan fingerprint density at radius 1 is 0.833 bits per heavy atom. The first-order valence-electron chi connectivity index (χ1n) is 6.79. The molecule has 2 N–H and O–H groups in total. The van der Waals surface area contributed by atoms with Gasteiger partial charge >= 0.3 is 0 Å². The number of anilines is 4. The highest BCUT2D eigenvalue weighted by Crippen LogP contribution is 2.23. The van der Waals surface area contributed by atoms with Crippen LogP contribution in [-0.4, -0.2) is 9.97 Å². The summed E-state index contributed by atoms with van der Waals surface area (Å²) in [5.41, 5.74) is 0.538. The smallest absolute Gasteiger partial charge is 0.229 e. The summed E-state index contributed by atoms with van der Waals surface area (Å²) >= 11 is 3.34. The maximum Gasteiger partial charge on any atom is 0.229 e. The maximum absolute atomic E-state index is 13.7. The van der Waals surface area contributed by atoms with Crippen molar-refractivity contribution in [3.05, 3.63) is 70.6 Å². The molecule has 0 aliphatic heterocycles. The van der Waals surface area contributed by atoms with Crippen molar-refractivity contribution >= 4 is 39.1 Å². The topological polar surface area (TPSA) is 49.8 Å².